The van der Waals surface area contributed by atoms with Gasteiger partial charge in [-0.05, 0) is 99.7 Å². The number of benzene rings is 2. The van der Waals surface area contributed by atoms with Gasteiger partial charge in [0.15, 0.2) is 0 Å². The highest BCUT2D eigenvalue weighted by atomic mass is 14.6. The van der Waals surface area contributed by atoms with Crippen LogP contribution in [0.4, 0.5) is 0 Å². The van der Waals surface area contributed by atoms with Gasteiger partial charge in [-0.2, -0.15) is 0 Å². The van der Waals surface area contributed by atoms with Crippen LogP contribution >= 0.6 is 0 Å². The van der Waals surface area contributed by atoms with E-state index < -0.39 is 0 Å². The predicted molar refractivity (Wildman–Crippen MR) is 175 cm³/mol. The van der Waals surface area contributed by atoms with Gasteiger partial charge in [0.25, 0.3) is 0 Å². The fourth-order valence-corrected chi connectivity index (χ4v) is 9.22. The van der Waals surface area contributed by atoms with Gasteiger partial charge in [-0.3, -0.25) is 0 Å². The summed E-state index contributed by atoms with van der Waals surface area (Å²) < 4.78 is 0. The lowest BCUT2D eigenvalue weighted by molar-refractivity contribution is 0.0341. The van der Waals surface area contributed by atoms with Crippen LogP contribution in [0.5, 0.6) is 0 Å². The molecular weight excluding hydrogens is 492 g/mol. The lowest BCUT2D eigenvalue weighted by atomic mass is 9.54. The Hall–Kier alpha value is -2.60. The van der Waals surface area contributed by atoms with Gasteiger partial charge in [0.1, 0.15) is 0 Å². The van der Waals surface area contributed by atoms with Crippen molar-refractivity contribution in [3.63, 3.8) is 0 Å². The third-order valence-electron chi connectivity index (χ3n) is 11.2. The van der Waals surface area contributed by atoms with Gasteiger partial charge in [-0.15, -0.1) is 0 Å². The van der Waals surface area contributed by atoms with Crippen LogP contribution in [0.25, 0.3) is 0 Å². The summed E-state index contributed by atoms with van der Waals surface area (Å²) in [7, 11) is 0. The largest absolute Gasteiger partial charge is 0.0802 e. The number of fused-ring (bicyclic) bond motifs is 3. The maximum atomic E-state index is 2.72. The number of allylic oxidation sites excluding steroid dienone is 8. The molecule has 0 radical (unpaired) electrons. The Bertz CT molecular complexity index is 1220. The molecule has 6 rings (SSSR count). The van der Waals surface area contributed by atoms with E-state index in [1.807, 2.05) is 0 Å². The van der Waals surface area contributed by atoms with Crippen LogP contribution in [0.15, 0.2) is 108 Å². The van der Waals surface area contributed by atoms with Crippen LogP contribution in [0.3, 0.4) is 0 Å². The topological polar surface area (TPSA) is 0 Å². The third-order valence-corrected chi connectivity index (χ3v) is 11.2. The highest BCUT2D eigenvalue weighted by molar-refractivity contribution is 5.40. The van der Waals surface area contributed by atoms with E-state index in [2.05, 4.69) is 139 Å². The lowest BCUT2D eigenvalue weighted by Crippen LogP contribution is -2.46. The molecule has 0 saturated heterocycles. The van der Waals surface area contributed by atoms with E-state index in [0.29, 0.717) is 29.6 Å². The van der Waals surface area contributed by atoms with Crippen LogP contribution in [0.2, 0.25) is 0 Å². The summed E-state index contributed by atoms with van der Waals surface area (Å²) in [5, 5.41) is 0. The fraction of sp³-hybridized carbons (Fsp3) is 0.512. The van der Waals surface area contributed by atoms with Gasteiger partial charge in [0, 0.05) is 0 Å². The van der Waals surface area contributed by atoms with E-state index in [-0.39, 0.29) is 16.2 Å². The van der Waals surface area contributed by atoms with Crippen molar-refractivity contribution < 1.29 is 0 Å². The van der Waals surface area contributed by atoms with Crippen molar-refractivity contribution in [3.8, 4) is 0 Å². The van der Waals surface area contributed by atoms with Gasteiger partial charge in [0.05, 0.1) is 0 Å². The molecule has 0 nitrogen and oxygen atoms in total. The SMILES string of the molecule is CC(C)(C)C1=CC2C3C=C(C(C)(C)C)C=CC3C(C(Cc3ccccc3)(Cc3ccccc3)C3CCCC3)C2C=C1. The summed E-state index contributed by atoms with van der Waals surface area (Å²) >= 11 is 0. The highest BCUT2D eigenvalue weighted by Gasteiger charge is 2.59. The molecule has 4 aliphatic rings. The molecule has 0 amide bonds. The monoisotopic (exact) mass is 544 g/mol. The first kappa shape index (κ1) is 28.5. The molecule has 2 aromatic rings. The van der Waals surface area contributed by atoms with Gasteiger partial charge < -0.3 is 0 Å². The third kappa shape index (κ3) is 5.49. The molecule has 0 aliphatic heterocycles. The van der Waals surface area contributed by atoms with Crippen LogP contribution in [-0.4, -0.2) is 0 Å². The Kier molecular flexibility index (Phi) is 7.59. The first-order valence-electron chi connectivity index (χ1n) is 16.5. The van der Waals surface area contributed by atoms with E-state index in [4.69, 9.17) is 0 Å². The molecule has 2 saturated carbocycles. The van der Waals surface area contributed by atoms with Crippen LogP contribution < -0.4 is 0 Å². The molecule has 2 fully saturated rings. The molecule has 0 N–H and O–H groups in total. The average Bonchev–Trinajstić information content (AvgIpc) is 3.60. The molecular formula is C41H52. The molecule has 0 aromatic heterocycles. The van der Waals surface area contributed by atoms with Crippen LogP contribution in [0, 0.1) is 51.8 Å². The number of rotatable bonds is 6. The minimum Gasteiger partial charge on any atom is -0.0802 e. The van der Waals surface area contributed by atoms with Crippen molar-refractivity contribution >= 4 is 0 Å². The second kappa shape index (κ2) is 10.9. The van der Waals surface area contributed by atoms with Gasteiger partial charge in [-0.1, -0.05) is 152 Å². The number of hydrogen-bond donors (Lipinski definition) is 0. The Morgan fingerprint density at radius 3 is 1.37 bits per heavy atom. The maximum absolute atomic E-state index is 2.72. The molecule has 0 bridgehead atoms. The van der Waals surface area contributed by atoms with Crippen LogP contribution in [0.1, 0.15) is 78.4 Å². The van der Waals surface area contributed by atoms with Crippen molar-refractivity contribution in [2.45, 2.75) is 80.1 Å². The Morgan fingerprint density at radius 2 is 0.976 bits per heavy atom. The average molecular weight is 545 g/mol. The summed E-state index contributed by atoms with van der Waals surface area (Å²) in [6.45, 7) is 14.3. The van der Waals surface area contributed by atoms with E-state index in [0.717, 1.165) is 5.92 Å². The molecule has 0 heterocycles. The zero-order chi connectivity index (χ0) is 28.8. The standard InChI is InChI=1S/C41H52/c1-39(2,3)32-21-23-34-36(25-32)37-26-33(40(4,5)6)22-24-35(37)38(34)41(31-19-13-14-20-31,27-29-15-9-7-10-16-29)28-30-17-11-8-12-18-30/h7-12,15-18,21-26,31,34-38H,13-14,19-20,27-28H2,1-6H3. The molecule has 4 unspecified atom stereocenters. The molecule has 0 spiro atoms. The minimum absolute atomic E-state index is 0.173. The Balaban J connectivity index is 1.54. The number of hydrogen-bond acceptors (Lipinski definition) is 0. The van der Waals surface area contributed by atoms with E-state index in [9.17, 15) is 0 Å². The quantitative estimate of drug-likeness (QED) is 0.339. The normalized spacial score (nSPS) is 28.3. The van der Waals surface area contributed by atoms with Crippen molar-refractivity contribution in [2.24, 2.45) is 51.8 Å². The second-order valence-corrected chi connectivity index (χ2v) is 15.8. The summed E-state index contributed by atoms with van der Waals surface area (Å²) in [4.78, 5) is 0. The smallest absolute Gasteiger partial charge is 0.00923 e. The second-order valence-electron chi connectivity index (χ2n) is 15.8. The van der Waals surface area contributed by atoms with Crippen molar-refractivity contribution in [1.82, 2.24) is 0 Å². The van der Waals surface area contributed by atoms with E-state index in [1.165, 1.54) is 60.8 Å². The molecule has 41 heavy (non-hydrogen) atoms. The maximum Gasteiger partial charge on any atom is -0.00923 e. The predicted octanol–water partition coefficient (Wildman–Crippen LogP) is 10.8. The van der Waals surface area contributed by atoms with Crippen LogP contribution in [-0.2, 0) is 12.8 Å². The molecule has 4 aliphatic carbocycles. The zero-order valence-corrected chi connectivity index (χ0v) is 26.4. The molecule has 2 aromatic carbocycles. The fourth-order valence-electron chi connectivity index (χ4n) is 9.22. The Labute approximate surface area is 250 Å². The molecule has 216 valence electrons. The first-order chi connectivity index (χ1) is 19.6. The van der Waals surface area contributed by atoms with Gasteiger partial charge in [0.2, 0.25) is 0 Å². The summed E-state index contributed by atoms with van der Waals surface area (Å²) in [5.41, 5.74) is 6.65. The van der Waals surface area contributed by atoms with Crippen molar-refractivity contribution in [1.29, 1.82) is 0 Å². The summed E-state index contributed by atoms with van der Waals surface area (Å²) in [5.74, 6) is 3.66. The highest BCUT2D eigenvalue weighted by Crippen LogP contribution is 2.64. The Morgan fingerprint density at radius 1 is 0.561 bits per heavy atom. The summed E-state index contributed by atoms with van der Waals surface area (Å²) in [6, 6.07) is 23.0. The van der Waals surface area contributed by atoms with Crippen molar-refractivity contribution in [3.05, 3.63) is 119 Å². The molecule has 0 heteroatoms. The minimum atomic E-state index is 0.173. The zero-order valence-electron chi connectivity index (χ0n) is 26.4. The van der Waals surface area contributed by atoms with Crippen molar-refractivity contribution in [2.75, 3.05) is 0 Å². The molecule has 4 atom stereocenters. The summed E-state index contributed by atoms with van der Waals surface area (Å²) in [6.07, 6.45) is 23.8. The van der Waals surface area contributed by atoms with E-state index in [1.54, 1.807) is 0 Å². The van der Waals surface area contributed by atoms with E-state index >= 15 is 0 Å². The van der Waals surface area contributed by atoms with Gasteiger partial charge in [-0.25, -0.2) is 0 Å². The first-order valence-corrected chi connectivity index (χ1v) is 16.5. The van der Waals surface area contributed by atoms with Gasteiger partial charge >= 0.3 is 0 Å². The lowest BCUT2D eigenvalue weighted by Gasteiger charge is -2.50.